The van der Waals surface area contributed by atoms with Crippen LogP contribution in [0.15, 0.2) is 48.5 Å². The molecule has 1 aliphatic carbocycles. The van der Waals surface area contributed by atoms with Crippen LogP contribution in [0.4, 0.5) is 35.9 Å². The number of hydrogen-bond acceptors (Lipinski definition) is 4. The largest absolute Gasteiger partial charge is 0.449 e. The molecule has 0 aromatic heterocycles. The first kappa shape index (κ1) is 32.5. The summed E-state index contributed by atoms with van der Waals surface area (Å²) in [5.41, 5.74) is -2.78. The monoisotopic (exact) mass is 614 g/mol. The van der Waals surface area contributed by atoms with E-state index in [0.29, 0.717) is 31.4 Å². The molecule has 3 atom stereocenters. The minimum absolute atomic E-state index is 0.0584. The van der Waals surface area contributed by atoms with Gasteiger partial charge in [0.05, 0.1) is 17.7 Å². The minimum atomic E-state index is -4.96. The van der Waals surface area contributed by atoms with Gasteiger partial charge in [-0.2, -0.15) is 26.3 Å². The number of alkyl halides is 6. The highest BCUT2D eigenvalue weighted by Gasteiger charge is 2.47. The molecule has 3 unspecified atom stereocenters. The molecule has 0 bridgehead atoms. The molecule has 2 fully saturated rings. The molecule has 0 spiro atoms. The van der Waals surface area contributed by atoms with Crippen molar-refractivity contribution in [1.29, 1.82) is 0 Å². The van der Waals surface area contributed by atoms with Gasteiger partial charge in [0, 0.05) is 24.5 Å². The second-order valence-electron chi connectivity index (χ2n) is 12.2. The normalized spacial score (nSPS) is 21.3. The quantitative estimate of drug-likeness (QED) is 0.324. The molecule has 2 aliphatic rings. The Balaban J connectivity index is 1.43. The molecule has 236 valence electrons. The molecule has 43 heavy (non-hydrogen) atoms. The zero-order valence-corrected chi connectivity index (χ0v) is 24.2. The van der Waals surface area contributed by atoms with Crippen LogP contribution in [0.3, 0.4) is 0 Å². The van der Waals surface area contributed by atoms with Crippen LogP contribution in [0, 0.1) is 5.92 Å². The second-order valence-corrected chi connectivity index (χ2v) is 12.2. The van der Waals surface area contributed by atoms with Crippen molar-refractivity contribution >= 4 is 12.2 Å². The zero-order valence-electron chi connectivity index (χ0n) is 24.2. The zero-order chi connectivity index (χ0) is 31.6. The van der Waals surface area contributed by atoms with E-state index < -0.39 is 47.9 Å². The van der Waals surface area contributed by atoms with Crippen LogP contribution < -0.4 is 5.32 Å². The molecular formula is C31H36F6N2O4. The van der Waals surface area contributed by atoms with Crippen molar-refractivity contribution in [1.82, 2.24) is 10.2 Å². The van der Waals surface area contributed by atoms with E-state index in [1.165, 1.54) is 0 Å². The Kier molecular flexibility index (Phi) is 9.56. The number of nitrogens with one attached hydrogen (secondary N) is 1. The number of hydrogen-bond donors (Lipinski definition) is 1. The molecule has 12 heteroatoms. The van der Waals surface area contributed by atoms with Gasteiger partial charge in [-0.05, 0) is 88.1 Å². The van der Waals surface area contributed by atoms with E-state index in [9.17, 15) is 35.9 Å². The second kappa shape index (κ2) is 12.7. The summed E-state index contributed by atoms with van der Waals surface area (Å²) in [4.78, 5) is 27.9. The number of rotatable bonds is 7. The molecule has 1 saturated carbocycles. The van der Waals surface area contributed by atoms with E-state index in [1.807, 2.05) is 35.2 Å². The molecule has 1 heterocycles. The van der Waals surface area contributed by atoms with Gasteiger partial charge in [-0.15, -0.1) is 0 Å². The maximum Gasteiger partial charge on any atom is 0.416 e. The third kappa shape index (κ3) is 9.27. The van der Waals surface area contributed by atoms with Crippen molar-refractivity contribution in [2.24, 2.45) is 5.92 Å². The Bertz CT molecular complexity index is 1240. The molecule has 1 N–H and O–H groups in total. The summed E-state index contributed by atoms with van der Waals surface area (Å²) in [5, 5.41) is 2.81. The molecule has 2 amide bonds. The standard InChI is InChI=1S/C31H36F6N2O4/c1-29(2,3)43-28(41)39-25(15-19-7-5-4-6-8-19)17-24(18-26(39)21-9-10-21)38-27(40)42-12-11-20-13-22(30(32,33)34)16-23(14-20)31(35,36)37/h4-8,13-14,16,21,24-26H,9-12,15,17-18H2,1-3H3,(H,38,40). The Labute approximate surface area is 246 Å². The fraction of sp³-hybridized carbons (Fsp3) is 0.548. The first-order valence-corrected chi connectivity index (χ1v) is 14.3. The molecular weight excluding hydrogens is 578 g/mol. The highest BCUT2D eigenvalue weighted by Crippen LogP contribution is 2.42. The lowest BCUT2D eigenvalue weighted by Gasteiger charge is -2.46. The lowest BCUT2D eigenvalue weighted by atomic mass is 9.86. The van der Waals surface area contributed by atoms with E-state index in [0.717, 1.165) is 18.4 Å². The smallest absolute Gasteiger partial charge is 0.416 e. The summed E-state index contributed by atoms with van der Waals surface area (Å²) in [6.45, 7) is 4.99. The van der Waals surface area contributed by atoms with Gasteiger partial charge in [0.2, 0.25) is 0 Å². The van der Waals surface area contributed by atoms with Crippen molar-refractivity contribution in [3.8, 4) is 0 Å². The highest BCUT2D eigenvalue weighted by molar-refractivity contribution is 5.70. The number of carbonyl (C=O) groups excluding carboxylic acids is 2. The number of halogens is 6. The third-order valence-corrected chi connectivity index (χ3v) is 7.51. The lowest BCUT2D eigenvalue weighted by molar-refractivity contribution is -0.143. The average Bonchev–Trinajstić information content (AvgIpc) is 3.72. The van der Waals surface area contributed by atoms with E-state index in [-0.39, 0.29) is 42.1 Å². The predicted octanol–water partition coefficient (Wildman–Crippen LogP) is 7.78. The van der Waals surface area contributed by atoms with E-state index in [2.05, 4.69) is 5.32 Å². The van der Waals surface area contributed by atoms with Crippen LogP contribution in [0.1, 0.15) is 68.7 Å². The molecule has 0 radical (unpaired) electrons. The molecule has 1 saturated heterocycles. The van der Waals surface area contributed by atoms with Gasteiger partial charge in [0.1, 0.15) is 5.60 Å². The number of carbonyl (C=O) groups is 2. The highest BCUT2D eigenvalue weighted by atomic mass is 19.4. The van der Waals surface area contributed by atoms with Crippen molar-refractivity contribution in [3.05, 3.63) is 70.8 Å². The summed E-state index contributed by atoms with van der Waals surface area (Å²) in [7, 11) is 0. The van der Waals surface area contributed by atoms with Gasteiger partial charge in [0.15, 0.2) is 0 Å². The number of piperidine rings is 1. The molecule has 2 aromatic rings. The Morgan fingerprint density at radius 2 is 1.49 bits per heavy atom. The fourth-order valence-corrected chi connectivity index (χ4v) is 5.53. The molecule has 1 aliphatic heterocycles. The summed E-state index contributed by atoms with van der Waals surface area (Å²) >= 11 is 0. The van der Waals surface area contributed by atoms with Gasteiger partial charge in [-0.25, -0.2) is 9.59 Å². The van der Waals surface area contributed by atoms with Crippen molar-refractivity contribution in [3.63, 3.8) is 0 Å². The number of nitrogens with zero attached hydrogens (tertiary/aromatic N) is 1. The van der Waals surface area contributed by atoms with E-state index >= 15 is 0 Å². The Hall–Kier alpha value is -3.44. The van der Waals surface area contributed by atoms with Crippen LogP contribution in [-0.4, -0.2) is 47.4 Å². The first-order valence-electron chi connectivity index (χ1n) is 14.3. The van der Waals surface area contributed by atoms with Crippen LogP contribution >= 0.6 is 0 Å². The van der Waals surface area contributed by atoms with Gasteiger partial charge in [-0.3, -0.25) is 0 Å². The van der Waals surface area contributed by atoms with Crippen LogP contribution in [0.25, 0.3) is 0 Å². The SMILES string of the molecule is CC(C)(C)OC(=O)N1C(Cc2ccccc2)CC(NC(=O)OCCc2cc(C(F)(F)F)cc(C(F)(F)F)c2)CC1C1CC1. The van der Waals surface area contributed by atoms with Gasteiger partial charge < -0.3 is 19.7 Å². The number of ether oxygens (including phenoxy) is 2. The fourth-order valence-electron chi connectivity index (χ4n) is 5.53. The van der Waals surface area contributed by atoms with Gasteiger partial charge in [-0.1, -0.05) is 30.3 Å². The van der Waals surface area contributed by atoms with Crippen LogP contribution in [0.2, 0.25) is 0 Å². The van der Waals surface area contributed by atoms with Crippen molar-refractivity contribution < 1.29 is 45.4 Å². The number of benzene rings is 2. The maximum absolute atomic E-state index is 13.4. The third-order valence-electron chi connectivity index (χ3n) is 7.51. The first-order chi connectivity index (χ1) is 20.0. The van der Waals surface area contributed by atoms with Gasteiger partial charge in [0.25, 0.3) is 0 Å². The van der Waals surface area contributed by atoms with E-state index in [1.54, 1.807) is 20.8 Å². The Morgan fingerprint density at radius 3 is 2.02 bits per heavy atom. The van der Waals surface area contributed by atoms with Crippen LogP contribution in [0.5, 0.6) is 0 Å². The van der Waals surface area contributed by atoms with E-state index in [4.69, 9.17) is 9.47 Å². The predicted molar refractivity (Wildman–Crippen MR) is 146 cm³/mol. The Morgan fingerprint density at radius 1 is 0.884 bits per heavy atom. The molecule has 2 aromatic carbocycles. The minimum Gasteiger partial charge on any atom is -0.449 e. The number of amides is 2. The molecule has 6 nitrogen and oxygen atoms in total. The lowest BCUT2D eigenvalue weighted by Crippen LogP contribution is -2.59. The summed E-state index contributed by atoms with van der Waals surface area (Å²) in [6.07, 6.45) is -8.20. The molecule has 4 rings (SSSR count). The summed E-state index contributed by atoms with van der Waals surface area (Å²) in [5.74, 6) is 0.259. The van der Waals surface area contributed by atoms with Crippen LogP contribution in [-0.2, 0) is 34.7 Å². The summed E-state index contributed by atoms with van der Waals surface area (Å²) < 4.78 is 90.0. The topological polar surface area (TPSA) is 67.9 Å². The summed E-state index contributed by atoms with van der Waals surface area (Å²) in [6, 6.07) is 10.1. The number of likely N-dealkylation sites (tertiary alicyclic amines) is 1. The van der Waals surface area contributed by atoms with Crippen molar-refractivity contribution in [2.45, 2.75) is 95.4 Å². The maximum atomic E-state index is 13.4. The van der Waals surface area contributed by atoms with Gasteiger partial charge >= 0.3 is 24.5 Å². The van der Waals surface area contributed by atoms with Crippen molar-refractivity contribution in [2.75, 3.05) is 6.61 Å². The average molecular weight is 615 g/mol. The number of alkyl carbamates (subject to hydrolysis) is 1.